The number of aliphatic hydroxyl groups is 1. The number of benzene rings is 1. The largest absolute Gasteiger partial charge is 0.388 e. The maximum atomic E-state index is 13.0. The predicted molar refractivity (Wildman–Crippen MR) is 66.2 cm³/mol. The van der Waals surface area contributed by atoms with Crippen LogP contribution in [-0.2, 0) is 0 Å². The summed E-state index contributed by atoms with van der Waals surface area (Å²) in [6.45, 7) is 3.81. The fourth-order valence-corrected chi connectivity index (χ4v) is 2.26. The first-order valence-electron chi connectivity index (χ1n) is 6.48. The fraction of sp³-hybridized carbons (Fsp3) is 0.571. The molecule has 1 unspecified atom stereocenters. The van der Waals surface area contributed by atoms with Gasteiger partial charge in [-0.3, -0.25) is 0 Å². The summed E-state index contributed by atoms with van der Waals surface area (Å²) in [6, 6.07) is 3.85. The van der Waals surface area contributed by atoms with Crippen LogP contribution in [-0.4, -0.2) is 29.1 Å². The Labute approximate surface area is 106 Å². The Morgan fingerprint density at radius 1 is 1.28 bits per heavy atom. The van der Waals surface area contributed by atoms with E-state index < -0.39 is 17.7 Å². The lowest BCUT2D eigenvalue weighted by Crippen LogP contribution is -2.27. The van der Waals surface area contributed by atoms with Gasteiger partial charge in [-0.05, 0) is 43.5 Å². The second-order valence-corrected chi connectivity index (χ2v) is 4.87. The van der Waals surface area contributed by atoms with E-state index in [2.05, 4.69) is 11.8 Å². The molecule has 0 heterocycles. The van der Waals surface area contributed by atoms with E-state index in [-0.39, 0.29) is 0 Å². The van der Waals surface area contributed by atoms with Gasteiger partial charge in [-0.15, -0.1) is 0 Å². The van der Waals surface area contributed by atoms with Crippen molar-refractivity contribution in [3.05, 3.63) is 35.4 Å². The monoisotopic (exact) mass is 255 g/mol. The molecule has 0 amide bonds. The second-order valence-electron chi connectivity index (χ2n) is 4.87. The maximum Gasteiger partial charge on any atom is 0.126 e. The van der Waals surface area contributed by atoms with Crippen molar-refractivity contribution in [1.29, 1.82) is 0 Å². The molecule has 0 bridgehead atoms. The standard InChI is InChI=1S/C14H19F2NO/c1-2-17(13-3-4-13)6-5-14(18)10-7-11(15)9-12(16)8-10/h7-9,13-14,18H,2-6H2,1H3. The first kappa shape index (κ1) is 13.4. The minimum absolute atomic E-state index is 0.319. The second kappa shape index (κ2) is 5.76. The van der Waals surface area contributed by atoms with Gasteiger partial charge in [0.05, 0.1) is 6.10 Å². The molecule has 1 atom stereocenters. The van der Waals surface area contributed by atoms with Crippen LogP contribution >= 0.6 is 0 Å². The topological polar surface area (TPSA) is 23.5 Å². The molecule has 100 valence electrons. The lowest BCUT2D eigenvalue weighted by atomic mass is 10.1. The zero-order chi connectivity index (χ0) is 13.1. The molecule has 1 aliphatic carbocycles. The van der Waals surface area contributed by atoms with E-state index in [4.69, 9.17) is 0 Å². The Balaban J connectivity index is 1.91. The average Bonchev–Trinajstić information content (AvgIpc) is 3.12. The summed E-state index contributed by atoms with van der Waals surface area (Å²) in [5.74, 6) is -1.28. The van der Waals surface area contributed by atoms with Gasteiger partial charge in [0.15, 0.2) is 0 Å². The number of hydrogen-bond donors (Lipinski definition) is 1. The number of hydrogen-bond acceptors (Lipinski definition) is 2. The SMILES string of the molecule is CCN(CCC(O)c1cc(F)cc(F)c1)C1CC1. The molecule has 2 rings (SSSR count). The van der Waals surface area contributed by atoms with Crippen LogP contribution in [0.4, 0.5) is 8.78 Å². The third-order valence-electron chi connectivity index (χ3n) is 3.43. The van der Waals surface area contributed by atoms with Crippen LogP contribution in [0.2, 0.25) is 0 Å². The normalized spacial score (nSPS) is 17.2. The van der Waals surface area contributed by atoms with Crippen molar-refractivity contribution in [3.8, 4) is 0 Å². The lowest BCUT2D eigenvalue weighted by molar-refractivity contribution is 0.140. The molecule has 18 heavy (non-hydrogen) atoms. The summed E-state index contributed by atoms with van der Waals surface area (Å²) < 4.78 is 26.1. The molecular weight excluding hydrogens is 236 g/mol. The van der Waals surface area contributed by atoms with Crippen LogP contribution in [0.3, 0.4) is 0 Å². The van der Waals surface area contributed by atoms with Crippen LogP contribution in [0.15, 0.2) is 18.2 Å². The van der Waals surface area contributed by atoms with Crippen LogP contribution < -0.4 is 0 Å². The molecule has 0 radical (unpaired) electrons. The van der Waals surface area contributed by atoms with Gasteiger partial charge in [0, 0.05) is 18.7 Å². The number of halogens is 2. The summed E-state index contributed by atoms with van der Waals surface area (Å²) in [5, 5.41) is 9.96. The Bertz CT molecular complexity index is 387. The van der Waals surface area contributed by atoms with Crippen molar-refractivity contribution < 1.29 is 13.9 Å². The third kappa shape index (κ3) is 3.50. The molecule has 1 aromatic carbocycles. The Morgan fingerprint density at radius 3 is 2.39 bits per heavy atom. The van der Waals surface area contributed by atoms with Crippen molar-refractivity contribution in [2.24, 2.45) is 0 Å². The van der Waals surface area contributed by atoms with Gasteiger partial charge in [-0.2, -0.15) is 0 Å². The highest BCUT2D eigenvalue weighted by Gasteiger charge is 2.27. The van der Waals surface area contributed by atoms with Crippen molar-refractivity contribution in [3.63, 3.8) is 0 Å². The van der Waals surface area contributed by atoms with Gasteiger partial charge in [-0.25, -0.2) is 8.78 Å². The zero-order valence-electron chi connectivity index (χ0n) is 10.6. The molecule has 4 heteroatoms. The van der Waals surface area contributed by atoms with E-state index in [1.807, 2.05) is 0 Å². The van der Waals surface area contributed by atoms with E-state index in [0.717, 1.165) is 19.2 Å². The number of aliphatic hydroxyl groups excluding tert-OH is 1. The van der Waals surface area contributed by atoms with Gasteiger partial charge < -0.3 is 10.0 Å². The quantitative estimate of drug-likeness (QED) is 0.845. The molecular formula is C14H19F2NO. The van der Waals surface area contributed by atoms with E-state index >= 15 is 0 Å². The molecule has 1 saturated carbocycles. The summed E-state index contributed by atoms with van der Waals surface area (Å²) in [4.78, 5) is 2.30. The average molecular weight is 255 g/mol. The van der Waals surface area contributed by atoms with Crippen LogP contribution in [0.1, 0.15) is 37.9 Å². The van der Waals surface area contributed by atoms with E-state index in [9.17, 15) is 13.9 Å². The van der Waals surface area contributed by atoms with Crippen molar-refractivity contribution in [1.82, 2.24) is 4.90 Å². The number of nitrogens with zero attached hydrogens (tertiary/aromatic N) is 1. The first-order valence-corrected chi connectivity index (χ1v) is 6.48. The van der Waals surface area contributed by atoms with Crippen LogP contribution in [0.25, 0.3) is 0 Å². The molecule has 0 spiro atoms. The maximum absolute atomic E-state index is 13.0. The summed E-state index contributed by atoms with van der Waals surface area (Å²) >= 11 is 0. The Kier molecular flexibility index (Phi) is 4.30. The molecule has 0 aliphatic heterocycles. The molecule has 1 aromatic rings. The molecule has 2 nitrogen and oxygen atoms in total. The summed E-state index contributed by atoms with van der Waals surface area (Å²) in [5.41, 5.74) is 0.319. The fourth-order valence-electron chi connectivity index (χ4n) is 2.26. The smallest absolute Gasteiger partial charge is 0.126 e. The summed E-state index contributed by atoms with van der Waals surface area (Å²) in [7, 11) is 0. The van der Waals surface area contributed by atoms with Crippen molar-refractivity contribution >= 4 is 0 Å². The van der Waals surface area contributed by atoms with E-state index in [1.165, 1.54) is 25.0 Å². The zero-order valence-corrected chi connectivity index (χ0v) is 10.6. The third-order valence-corrected chi connectivity index (χ3v) is 3.43. The van der Waals surface area contributed by atoms with Gasteiger partial charge in [0.1, 0.15) is 11.6 Å². The summed E-state index contributed by atoms with van der Waals surface area (Å²) in [6.07, 6.45) is 2.15. The van der Waals surface area contributed by atoms with Crippen LogP contribution in [0, 0.1) is 11.6 Å². The highest BCUT2D eigenvalue weighted by atomic mass is 19.1. The first-order chi connectivity index (χ1) is 8.60. The Hall–Kier alpha value is -1.00. The molecule has 1 fully saturated rings. The van der Waals surface area contributed by atoms with E-state index in [1.54, 1.807) is 0 Å². The van der Waals surface area contributed by atoms with Crippen molar-refractivity contribution in [2.75, 3.05) is 13.1 Å². The predicted octanol–water partition coefficient (Wildman–Crippen LogP) is 2.87. The van der Waals surface area contributed by atoms with Crippen molar-refractivity contribution in [2.45, 2.75) is 38.3 Å². The van der Waals surface area contributed by atoms with E-state index in [0.29, 0.717) is 18.0 Å². The molecule has 0 aromatic heterocycles. The minimum atomic E-state index is -0.803. The molecule has 0 saturated heterocycles. The Morgan fingerprint density at radius 2 is 1.89 bits per heavy atom. The van der Waals surface area contributed by atoms with Crippen LogP contribution in [0.5, 0.6) is 0 Å². The molecule has 1 aliphatic rings. The van der Waals surface area contributed by atoms with Gasteiger partial charge in [-0.1, -0.05) is 6.92 Å². The number of rotatable bonds is 6. The van der Waals surface area contributed by atoms with Gasteiger partial charge >= 0.3 is 0 Å². The minimum Gasteiger partial charge on any atom is -0.388 e. The lowest BCUT2D eigenvalue weighted by Gasteiger charge is -2.21. The van der Waals surface area contributed by atoms with Gasteiger partial charge in [0.25, 0.3) is 0 Å². The highest BCUT2D eigenvalue weighted by molar-refractivity contribution is 5.20. The van der Waals surface area contributed by atoms with Gasteiger partial charge in [0.2, 0.25) is 0 Å². The highest BCUT2D eigenvalue weighted by Crippen LogP contribution is 2.28. The molecule has 1 N–H and O–H groups in total.